The third kappa shape index (κ3) is 4.05. The predicted octanol–water partition coefficient (Wildman–Crippen LogP) is 4.70. The van der Waals surface area contributed by atoms with Gasteiger partial charge in [-0.3, -0.25) is 4.98 Å². The van der Waals surface area contributed by atoms with Crippen molar-refractivity contribution >= 4 is 28.4 Å². The molecule has 1 aromatic carbocycles. The van der Waals surface area contributed by atoms with Gasteiger partial charge in [-0.25, -0.2) is 4.98 Å². The molecule has 0 bridgehead atoms. The van der Waals surface area contributed by atoms with Gasteiger partial charge >= 0.3 is 0 Å². The molecule has 0 amide bonds. The van der Waals surface area contributed by atoms with Crippen molar-refractivity contribution in [3.8, 4) is 0 Å². The van der Waals surface area contributed by atoms with Crippen LogP contribution in [0, 0.1) is 6.92 Å². The smallest absolute Gasteiger partial charge is 0.229 e. The molecule has 3 aromatic rings. The molecule has 0 saturated heterocycles. The minimum atomic E-state index is 0.616. The molecule has 0 saturated carbocycles. The number of nitrogens with one attached hydrogen (secondary N) is 1. The van der Waals surface area contributed by atoms with Gasteiger partial charge in [-0.05, 0) is 31.9 Å². The molecule has 0 aliphatic rings. The number of pyridine rings is 1. The number of para-hydroxylation sites is 1. The van der Waals surface area contributed by atoms with Crippen LogP contribution < -0.4 is 10.2 Å². The van der Waals surface area contributed by atoms with Crippen molar-refractivity contribution in [3.05, 3.63) is 48.3 Å². The molecular formula is C20H25N5. The number of anilines is 3. The van der Waals surface area contributed by atoms with Crippen LogP contribution in [0.25, 0.3) is 10.9 Å². The van der Waals surface area contributed by atoms with Gasteiger partial charge in [0.25, 0.3) is 0 Å². The first-order chi connectivity index (χ1) is 12.2. The summed E-state index contributed by atoms with van der Waals surface area (Å²) in [6.07, 6.45) is 4.00. The third-order valence-corrected chi connectivity index (χ3v) is 4.03. The molecule has 0 atom stereocenters. The fourth-order valence-corrected chi connectivity index (χ4v) is 2.98. The Kier molecular flexibility index (Phi) is 5.43. The van der Waals surface area contributed by atoms with Crippen LogP contribution in [0.2, 0.25) is 0 Å². The molecule has 5 nitrogen and oxygen atoms in total. The second-order valence-corrected chi connectivity index (χ2v) is 6.18. The number of aromatic nitrogens is 3. The molecule has 3 rings (SSSR count). The first-order valence-corrected chi connectivity index (χ1v) is 8.92. The van der Waals surface area contributed by atoms with Crippen molar-refractivity contribution in [2.45, 2.75) is 33.6 Å². The Hall–Kier alpha value is -2.69. The number of nitrogens with zero attached hydrogens (tertiary/aromatic N) is 4. The van der Waals surface area contributed by atoms with Crippen molar-refractivity contribution in [1.82, 2.24) is 15.0 Å². The highest BCUT2D eigenvalue weighted by Gasteiger charge is 2.10. The van der Waals surface area contributed by atoms with E-state index in [0.717, 1.165) is 54.0 Å². The van der Waals surface area contributed by atoms with Crippen molar-refractivity contribution in [2.24, 2.45) is 0 Å². The molecule has 0 radical (unpaired) electrons. The van der Waals surface area contributed by atoms with E-state index in [1.54, 1.807) is 6.20 Å². The highest BCUT2D eigenvalue weighted by Crippen LogP contribution is 2.24. The first kappa shape index (κ1) is 17.1. The highest BCUT2D eigenvalue weighted by atomic mass is 15.2. The Morgan fingerprint density at radius 3 is 2.52 bits per heavy atom. The van der Waals surface area contributed by atoms with Crippen LogP contribution in [-0.2, 0) is 0 Å². The third-order valence-electron chi connectivity index (χ3n) is 4.03. The van der Waals surface area contributed by atoms with Crippen LogP contribution in [-0.4, -0.2) is 28.0 Å². The van der Waals surface area contributed by atoms with Gasteiger partial charge in [-0.15, -0.1) is 0 Å². The minimum Gasteiger partial charge on any atom is -0.356 e. The molecule has 25 heavy (non-hydrogen) atoms. The maximum Gasteiger partial charge on any atom is 0.229 e. The maximum absolute atomic E-state index is 4.75. The van der Waals surface area contributed by atoms with E-state index in [1.807, 2.05) is 25.1 Å². The van der Waals surface area contributed by atoms with Crippen molar-refractivity contribution in [1.29, 1.82) is 0 Å². The Balaban J connectivity index is 1.94. The van der Waals surface area contributed by atoms with Crippen LogP contribution in [0.3, 0.4) is 0 Å². The van der Waals surface area contributed by atoms with E-state index >= 15 is 0 Å². The van der Waals surface area contributed by atoms with Crippen LogP contribution >= 0.6 is 0 Å². The van der Waals surface area contributed by atoms with E-state index < -0.39 is 0 Å². The number of hydrogen-bond donors (Lipinski definition) is 1. The van der Waals surface area contributed by atoms with Crippen molar-refractivity contribution in [3.63, 3.8) is 0 Å². The second-order valence-electron chi connectivity index (χ2n) is 6.18. The Morgan fingerprint density at radius 1 is 1.00 bits per heavy atom. The summed E-state index contributed by atoms with van der Waals surface area (Å²) in [5.41, 5.74) is 2.81. The van der Waals surface area contributed by atoms with Gasteiger partial charge in [-0.2, -0.15) is 4.98 Å². The zero-order chi connectivity index (χ0) is 17.6. The summed E-state index contributed by atoms with van der Waals surface area (Å²) >= 11 is 0. The van der Waals surface area contributed by atoms with Gasteiger partial charge in [0, 0.05) is 36.4 Å². The Bertz CT molecular complexity index is 835. The van der Waals surface area contributed by atoms with Gasteiger partial charge in [-0.1, -0.05) is 32.0 Å². The van der Waals surface area contributed by atoms with Gasteiger partial charge < -0.3 is 10.2 Å². The lowest BCUT2D eigenvalue weighted by Gasteiger charge is -2.23. The topological polar surface area (TPSA) is 53.9 Å². The summed E-state index contributed by atoms with van der Waals surface area (Å²) in [5.74, 6) is 1.59. The minimum absolute atomic E-state index is 0.616. The molecule has 0 aliphatic heterocycles. The molecule has 5 heteroatoms. The lowest BCUT2D eigenvalue weighted by atomic mass is 10.2. The van der Waals surface area contributed by atoms with E-state index in [-0.39, 0.29) is 0 Å². The molecule has 0 fully saturated rings. The predicted molar refractivity (Wildman–Crippen MR) is 105 cm³/mol. The monoisotopic (exact) mass is 335 g/mol. The average molecular weight is 335 g/mol. The standard InChI is InChI=1S/C20H25N5/c1-4-12-25(13-5-2)18-14-15(3)22-20(24-18)23-17-10-6-8-16-9-7-11-21-19(16)17/h6-11,14H,4-5,12-13H2,1-3H3,(H,22,23,24). The van der Waals surface area contributed by atoms with Gasteiger partial charge in [0.05, 0.1) is 11.2 Å². The summed E-state index contributed by atoms with van der Waals surface area (Å²) in [4.78, 5) is 16.1. The van der Waals surface area contributed by atoms with E-state index in [2.05, 4.69) is 52.2 Å². The van der Waals surface area contributed by atoms with Gasteiger partial charge in [0.2, 0.25) is 5.95 Å². The Labute approximate surface area is 149 Å². The average Bonchev–Trinajstić information content (AvgIpc) is 2.61. The lowest BCUT2D eigenvalue weighted by Crippen LogP contribution is -2.26. The summed E-state index contributed by atoms with van der Waals surface area (Å²) in [7, 11) is 0. The first-order valence-electron chi connectivity index (χ1n) is 8.92. The number of benzene rings is 1. The number of rotatable bonds is 7. The SMILES string of the molecule is CCCN(CCC)c1cc(C)nc(Nc2cccc3cccnc23)n1. The molecule has 0 unspecified atom stereocenters. The number of fused-ring (bicyclic) bond motifs is 1. The number of hydrogen-bond acceptors (Lipinski definition) is 5. The molecule has 1 N–H and O–H groups in total. The quantitative estimate of drug-likeness (QED) is 0.678. The van der Waals surface area contributed by atoms with Gasteiger partial charge in [0.1, 0.15) is 5.82 Å². The van der Waals surface area contributed by atoms with Crippen molar-refractivity contribution < 1.29 is 0 Å². The zero-order valence-corrected chi connectivity index (χ0v) is 15.2. The molecule has 0 aliphatic carbocycles. The fraction of sp³-hybridized carbons (Fsp3) is 0.350. The highest BCUT2D eigenvalue weighted by molar-refractivity contribution is 5.91. The van der Waals surface area contributed by atoms with E-state index in [0.29, 0.717) is 5.95 Å². The molecule has 2 aromatic heterocycles. The molecule has 130 valence electrons. The van der Waals surface area contributed by atoms with E-state index in [9.17, 15) is 0 Å². The van der Waals surface area contributed by atoms with E-state index in [1.165, 1.54) is 0 Å². The number of aryl methyl sites for hydroxylation is 1. The lowest BCUT2D eigenvalue weighted by molar-refractivity contribution is 0.732. The van der Waals surface area contributed by atoms with Crippen LogP contribution in [0.1, 0.15) is 32.4 Å². The summed E-state index contributed by atoms with van der Waals surface area (Å²) in [6, 6.07) is 12.1. The van der Waals surface area contributed by atoms with Gasteiger partial charge in [0.15, 0.2) is 0 Å². The zero-order valence-electron chi connectivity index (χ0n) is 15.2. The summed E-state index contributed by atoms with van der Waals surface area (Å²) in [5, 5.41) is 4.45. The fourth-order valence-electron chi connectivity index (χ4n) is 2.98. The summed E-state index contributed by atoms with van der Waals surface area (Å²) < 4.78 is 0. The van der Waals surface area contributed by atoms with Crippen LogP contribution in [0.5, 0.6) is 0 Å². The normalized spacial score (nSPS) is 10.8. The largest absolute Gasteiger partial charge is 0.356 e. The van der Waals surface area contributed by atoms with Crippen molar-refractivity contribution in [2.75, 3.05) is 23.3 Å². The van der Waals surface area contributed by atoms with Crippen LogP contribution in [0.4, 0.5) is 17.5 Å². The Morgan fingerprint density at radius 2 is 1.76 bits per heavy atom. The maximum atomic E-state index is 4.75. The summed E-state index contributed by atoms with van der Waals surface area (Å²) in [6.45, 7) is 8.39. The second kappa shape index (κ2) is 7.92. The van der Waals surface area contributed by atoms with E-state index in [4.69, 9.17) is 4.98 Å². The molecule has 2 heterocycles. The van der Waals surface area contributed by atoms with Crippen LogP contribution in [0.15, 0.2) is 42.6 Å². The molecule has 0 spiro atoms. The molecular weight excluding hydrogens is 310 g/mol.